The Balaban J connectivity index is 1.76. The standard InChI is InChI=1S/C20H18N6O3/c1-29-16-8-3-2-5-13(16)10-26-11-21-17-18(22-12-27)24-20(25-19(17)26)23-14-6-4-7-15(28)9-14/h2-9,11-12,28H,10H2,1H3,(H2,22,23,24,25,27). The van der Waals surface area contributed by atoms with Gasteiger partial charge in [-0.15, -0.1) is 0 Å². The Kier molecular flexibility index (Phi) is 4.93. The van der Waals surface area contributed by atoms with Crippen molar-refractivity contribution in [1.82, 2.24) is 19.5 Å². The molecule has 2 aromatic carbocycles. The molecule has 0 saturated heterocycles. The number of anilines is 3. The predicted molar refractivity (Wildman–Crippen MR) is 108 cm³/mol. The van der Waals surface area contributed by atoms with Gasteiger partial charge >= 0.3 is 0 Å². The number of hydrogen-bond donors (Lipinski definition) is 3. The Morgan fingerprint density at radius 3 is 2.83 bits per heavy atom. The van der Waals surface area contributed by atoms with E-state index in [1.807, 2.05) is 28.8 Å². The molecule has 4 aromatic rings. The van der Waals surface area contributed by atoms with Crippen LogP contribution in [0.25, 0.3) is 11.2 Å². The fraction of sp³-hybridized carbons (Fsp3) is 0.100. The van der Waals surface area contributed by atoms with Gasteiger partial charge in [-0.05, 0) is 18.2 Å². The molecule has 9 heteroatoms. The first-order chi connectivity index (χ1) is 14.2. The number of aromatic nitrogens is 4. The summed E-state index contributed by atoms with van der Waals surface area (Å²) >= 11 is 0. The van der Waals surface area contributed by atoms with Crippen LogP contribution in [-0.4, -0.2) is 38.1 Å². The molecule has 2 aromatic heterocycles. The zero-order chi connectivity index (χ0) is 20.2. The molecule has 9 nitrogen and oxygen atoms in total. The Labute approximate surface area is 166 Å². The van der Waals surface area contributed by atoms with Crippen molar-refractivity contribution in [3.63, 3.8) is 0 Å². The van der Waals surface area contributed by atoms with Crippen LogP contribution in [0.15, 0.2) is 54.9 Å². The molecule has 0 aliphatic carbocycles. The maximum atomic E-state index is 11.0. The number of methoxy groups -OCH3 is 1. The Morgan fingerprint density at radius 1 is 1.17 bits per heavy atom. The van der Waals surface area contributed by atoms with E-state index in [4.69, 9.17) is 4.74 Å². The van der Waals surface area contributed by atoms with Crippen molar-refractivity contribution in [2.75, 3.05) is 17.7 Å². The molecule has 0 unspecified atom stereocenters. The Bertz CT molecular complexity index is 1170. The second-order valence-electron chi connectivity index (χ2n) is 6.19. The van der Waals surface area contributed by atoms with Crippen molar-refractivity contribution in [3.8, 4) is 11.5 Å². The number of amides is 1. The number of hydrogen-bond acceptors (Lipinski definition) is 7. The molecule has 0 spiro atoms. The van der Waals surface area contributed by atoms with Crippen LogP contribution >= 0.6 is 0 Å². The van der Waals surface area contributed by atoms with E-state index in [2.05, 4.69) is 25.6 Å². The summed E-state index contributed by atoms with van der Waals surface area (Å²) in [5.74, 6) is 1.41. The van der Waals surface area contributed by atoms with Crippen LogP contribution in [0.3, 0.4) is 0 Å². The summed E-state index contributed by atoms with van der Waals surface area (Å²) in [5.41, 5.74) is 2.57. The lowest BCUT2D eigenvalue weighted by Crippen LogP contribution is -2.06. The third-order valence-corrected chi connectivity index (χ3v) is 4.30. The minimum Gasteiger partial charge on any atom is -0.508 e. The third kappa shape index (κ3) is 3.79. The topological polar surface area (TPSA) is 114 Å². The van der Waals surface area contributed by atoms with Crippen LogP contribution in [0.5, 0.6) is 11.5 Å². The number of fused-ring (bicyclic) bond motifs is 1. The van der Waals surface area contributed by atoms with Gasteiger partial charge in [-0.1, -0.05) is 24.3 Å². The molecule has 0 aliphatic heterocycles. The number of phenols is 1. The fourth-order valence-electron chi connectivity index (χ4n) is 3.00. The van der Waals surface area contributed by atoms with Crippen LogP contribution in [0.4, 0.5) is 17.5 Å². The second-order valence-corrected chi connectivity index (χ2v) is 6.19. The molecular formula is C20H18N6O3. The summed E-state index contributed by atoms with van der Waals surface area (Å²) in [5, 5.41) is 15.3. The second kappa shape index (κ2) is 7.85. The highest BCUT2D eigenvalue weighted by Gasteiger charge is 2.15. The van der Waals surface area contributed by atoms with E-state index < -0.39 is 0 Å². The first-order valence-corrected chi connectivity index (χ1v) is 8.79. The van der Waals surface area contributed by atoms with Crippen molar-refractivity contribution in [3.05, 3.63) is 60.4 Å². The van der Waals surface area contributed by atoms with Crippen molar-refractivity contribution < 1.29 is 14.6 Å². The molecule has 0 aliphatic rings. The monoisotopic (exact) mass is 390 g/mol. The van der Waals surface area contributed by atoms with Gasteiger partial charge in [0.1, 0.15) is 11.5 Å². The molecule has 146 valence electrons. The van der Waals surface area contributed by atoms with Crippen molar-refractivity contribution in [1.29, 1.82) is 0 Å². The molecule has 0 bridgehead atoms. The van der Waals surface area contributed by atoms with E-state index in [-0.39, 0.29) is 17.5 Å². The first kappa shape index (κ1) is 18.2. The summed E-state index contributed by atoms with van der Waals surface area (Å²) in [4.78, 5) is 24.3. The number of benzene rings is 2. The Morgan fingerprint density at radius 2 is 2.03 bits per heavy atom. The molecule has 0 saturated carbocycles. The van der Waals surface area contributed by atoms with E-state index in [1.165, 1.54) is 0 Å². The quantitative estimate of drug-likeness (QED) is 0.416. The van der Waals surface area contributed by atoms with Gasteiger partial charge in [-0.3, -0.25) is 4.79 Å². The summed E-state index contributed by atoms with van der Waals surface area (Å²) in [7, 11) is 1.62. The van der Waals surface area contributed by atoms with E-state index in [1.54, 1.807) is 37.7 Å². The minimum atomic E-state index is 0.114. The maximum Gasteiger partial charge on any atom is 0.231 e. The smallest absolute Gasteiger partial charge is 0.231 e. The van der Waals surface area contributed by atoms with E-state index in [9.17, 15) is 9.90 Å². The number of carbonyl (C=O) groups is 1. The van der Waals surface area contributed by atoms with Crippen molar-refractivity contribution >= 4 is 35.0 Å². The number of nitrogens with one attached hydrogen (secondary N) is 2. The normalized spacial score (nSPS) is 10.7. The first-order valence-electron chi connectivity index (χ1n) is 8.79. The van der Waals surface area contributed by atoms with Gasteiger partial charge in [-0.2, -0.15) is 9.97 Å². The molecule has 3 N–H and O–H groups in total. The predicted octanol–water partition coefficient (Wildman–Crippen LogP) is 2.90. The molecule has 1 amide bonds. The van der Waals surface area contributed by atoms with Crippen LogP contribution < -0.4 is 15.4 Å². The number of imidazole rings is 1. The number of phenolic OH excluding ortho intramolecular Hbond substituents is 1. The molecule has 0 fully saturated rings. The lowest BCUT2D eigenvalue weighted by molar-refractivity contribution is -0.105. The van der Waals surface area contributed by atoms with Gasteiger partial charge in [0.15, 0.2) is 17.0 Å². The maximum absolute atomic E-state index is 11.0. The molecule has 4 rings (SSSR count). The molecular weight excluding hydrogens is 372 g/mol. The van der Waals surface area contributed by atoms with Crippen molar-refractivity contribution in [2.45, 2.75) is 6.54 Å². The number of carbonyl (C=O) groups excluding carboxylic acids is 1. The zero-order valence-electron chi connectivity index (χ0n) is 15.5. The van der Waals surface area contributed by atoms with E-state index in [0.29, 0.717) is 29.8 Å². The van der Waals surface area contributed by atoms with E-state index >= 15 is 0 Å². The van der Waals surface area contributed by atoms with Gasteiger partial charge in [0, 0.05) is 17.3 Å². The molecule has 0 atom stereocenters. The van der Waals surface area contributed by atoms with Gasteiger partial charge in [-0.25, -0.2) is 4.98 Å². The Hall–Kier alpha value is -4.14. The SMILES string of the molecule is COc1ccccc1Cn1cnc2c(NC=O)nc(Nc3cccc(O)c3)nc21. The summed E-state index contributed by atoms with van der Waals surface area (Å²) < 4.78 is 7.27. The van der Waals surface area contributed by atoms with Gasteiger partial charge in [0.25, 0.3) is 0 Å². The van der Waals surface area contributed by atoms with Crippen LogP contribution in [-0.2, 0) is 11.3 Å². The largest absolute Gasteiger partial charge is 0.508 e. The molecule has 0 radical (unpaired) electrons. The summed E-state index contributed by atoms with van der Waals surface area (Å²) in [6.45, 7) is 0.476. The molecule has 2 heterocycles. The average Bonchev–Trinajstić information content (AvgIpc) is 3.12. The minimum absolute atomic E-state index is 0.114. The summed E-state index contributed by atoms with van der Waals surface area (Å²) in [6, 6.07) is 14.3. The lowest BCUT2D eigenvalue weighted by Gasteiger charge is -2.11. The number of rotatable bonds is 7. The van der Waals surface area contributed by atoms with Crippen LogP contribution in [0.1, 0.15) is 5.56 Å². The highest BCUT2D eigenvalue weighted by Crippen LogP contribution is 2.26. The summed E-state index contributed by atoms with van der Waals surface area (Å²) in [6.07, 6.45) is 2.18. The van der Waals surface area contributed by atoms with Gasteiger partial charge in [0.05, 0.1) is 20.0 Å². The van der Waals surface area contributed by atoms with Crippen LogP contribution in [0, 0.1) is 0 Å². The highest BCUT2D eigenvalue weighted by molar-refractivity contribution is 5.89. The van der Waals surface area contributed by atoms with Crippen molar-refractivity contribution in [2.24, 2.45) is 0 Å². The number of aromatic hydroxyl groups is 1. The molecule has 29 heavy (non-hydrogen) atoms. The number of ether oxygens (including phenoxy) is 1. The third-order valence-electron chi connectivity index (χ3n) is 4.30. The lowest BCUT2D eigenvalue weighted by atomic mass is 10.2. The highest BCUT2D eigenvalue weighted by atomic mass is 16.5. The average molecular weight is 390 g/mol. The fourth-order valence-corrected chi connectivity index (χ4v) is 3.00. The van der Waals surface area contributed by atoms with Gasteiger partial charge < -0.3 is 25.0 Å². The van der Waals surface area contributed by atoms with E-state index in [0.717, 1.165) is 11.3 Å². The van der Waals surface area contributed by atoms with Gasteiger partial charge in [0.2, 0.25) is 12.4 Å². The van der Waals surface area contributed by atoms with Crippen LogP contribution in [0.2, 0.25) is 0 Å². The number of nitrogens with zero attached hydrogens (tertiary/aromatic N) is 4. The zero-order valence-corrected chi connectivity index (χ0v) is 15.5. The number of para-hydroxylation sites is 1.